The average Bonchev–Trinajstić information content (AvgIpc) is 2.51. The standard InChI is InChI=1S/C21H32O3Si.Y/c1-10-16-13-20(24-25(8,9)21(4,5)6)19(23-7)14-17(16)11-12-18(22)15(2)3;/h11,13-14H,1-2,10,12H2,3-9H3;/q-2;. The molecular formula is C21H32O3SiY-2. The summed E-state index contributed by atoms with van der Waals surface area (Å²) < 4.78 is 12.0. The number of hydrogen-bond donors (Lipinski definition) is 0. The first-order valence-corrected chi connectivity index (χ1v) is 11.5. The number of methoxy groups -OCH3 is 1. The summed E-state index contributed by atoms with van der Waals surface area (Å²) in [6, 6.07) is 3.94. The van der Waals surface area contributed by atoms with Crippen molar-refractivity contribution in [2.24, 2.45) is 0 Å². The van der Waals surface area contributed by atoms with Crippen LogP contribution in [0.15, 0.2) is 24.3 Å². The second-order valence-corrected chi connectivity index (χ2v) is 12.7. The molecule has 0 aromatic heterocycles. The second kappa shape index (κ2) is 10.1. The molecule has 0 heterocycles. The molecule has 0 saturated heterocycles. The minimum absolute atomic E-state index is 0. The summed E-state index contributed by atoms with van der Waals surface area (Å²) in [5, 5.41) is 0.0986. The van der Waals surface area contributed by atoms with Crippen molar-refractivity contribution >= 4 is 14.1 Å². The number of ether oxygens (including phenoxy) is 1. The van der Waals surface area contributed by atoms with Crippen molar-refractivity contribution in [3.8, 4) is 11.5 Å². The zero-order valence-electron chi connectivity index (χ0n) is 17.4. The van der Waals surface area contributed by atoms with Gasteiger partial charge < -0.3 is 16.1 Å². The van der Waals surface area contributed by atoms with E-state index in [1.54, 1.807) is 14.0 Å². The molecule has 26 heavy (non-hydrogen) atoms. The van der Waals surface area contributed by atoms with Gasteiger partial charge in [0.25, 0.3) is 8.32 Å². The minimum Gasteiger partial charge on any atom is -0.542 e. The maximum absolute atomic E-state index is 11.8. The Bertz CT molecular complexity index is 645. The molecule has 0 unspecified atom stereocenters. The molecule has 1 radical (unpaired) electrons. The van der Waals surface area contributed by atoms with Crippen molar-refractivity contribution in [2.45, 2.75) is 58.7 Å². The number of Topliss-reactive ketones (excluding diaryl/α,β-unsaturated/α-hetero) is 1. The first kappa shape index (κ1) is 25.4. The van der Waals surface area contributed by atoms with Crippen LogP contribution in [0.3, 0.4) is 0 Å². The predicted molar refractivity (Wildman–Crippen MR) is 108 cm³/mol. The van der Waals surface area contributed by atoms with Crippen LogP contribution in [0.4, 0.5) is 0 Å². The van der Waals surface area contributed by atoms with Gasteiger partial charge in [-0.3, -0.25) is 4.79 Å². The van der Waals surface area contributed by atoms with Gasteiger partial charge in [0.15, 0.2) is 0 Å². The molecule has 0 amide bonds. The van der Waals surface area contributed by atoms with Crippen LogP contribution >= 0.6 is 0 Å². The Balaban J connectivity index is 0.00000625. The molecule has 1 aromatic rings. The van der Waals surface area contributed by atoms with Gasteiger partial charge in [0, 0.05) is 32.7 Å². The summed E-state index contributed by atoms with van der Waals surface area (Å²) in [5.74, 6) is 1.49. The van der Waals surface area contributed by atoms with Crippen LogP contribution in [0.5, 0.6) is 11.5 Å². The van der Waals surface area contributed by atoms with Crippen molar-refractivity contribution in [1.82, 2.24) is 0 Å². The SMILES string of the molecule is C=C(C)C(=O)C[CH-]c1cc(OC)c(O[Si](C)(C)C(C)(C)C)cc1C[CH2-].[Y]. The van der Waals surface area contributed by atoms with Crippen molar-refractivity contribution in [3.05, 3.63) is 48.8 Å². The number of carbonyl (C=O) groups is 1. The number of allylic oxidation sites excluding steroid dienone is 1. The fourth-order valence-corrected chi connectivity index (χ4v) is 3.08. The molecule has 0 atom stereocenters. The van der Waals surface area contributed by atoms with Gasteiger partial charge in [-0.05, 0) is 37.0 Å². The van der Waals surface area contributed by atoms with Crippen molar-refractivity contribution in [3.63, 3.8) is 0 Å². The third-order valence-electron chi connectivity index (χ3n) is 4.85. The van der Waals surface area contributed by atoms with Gasteiger partial charge in [-0.1, -0.05) is 33.4 Å². The molecule has 0 fully saturated rings. The van der Waals surface area contributed by atoms with Crippen molar-refractivity contribution in [1.29, 1.82) is 0 Å². The predicted octanol–water partition coefficient (Wildman–Crippen LogP) is 5.54. The Labute approximate surface area is 185 Å². The summed E-state index contributed by atoms with van der Waals surface area (Å²) in [7, 11) is -0.335. The van der Waals surface area contributed by atoms with E-state index in [1.807, 2.05) is 18.6 Å². The zero-order chi connectivity index (χ0) is 19.4. The average molecular weight is 449 g/mol. The van der Waals surface area contributed by atoms with Gasteiger partial charge in [-0.2, -0.15) is 17.5 Å². The Kier molecular flexibility index (Phi) is 9.87. The van der Waals surface area contributed by atoms with Gasteiger partial charge in [-0.15, -0.1) is 6.07 Å². The molecule has 1 aromatic carbocycles. The topological polar surface area (TPSA) is 35.5 Å². The second-order valence-electron chi connectivity index (χ2n) is 7.93. The number of carbonyl (C=O) groups excluding carboxylic acids is 1. The number of rotatable bonds is 8. The molecule has 5 heteroatoms. The Morgan fingerprint density at radius 1 is 1.27 bits per heavy atom. The van der Waals surface area contributed by atoms with Crippen LogP contribution in [-0.4, -0.2) is 21.2 Å². The largest absolute Gasteiger partial charge is 0.542 e. The molecule has 0 aliphatic rings. The van der Waals surface area contributed by atoms with Crippen LogP contribution in [0, 0.1) is 13.3 Å². The molecule has 0 spiro atoms. The Morgan fingerprint density at radius 2 is 1.85 bits per heavy atom. The van der Waals surface area contributed by atoms with Crippen LogP contribution in [0.25, 0.3) is 0 Å². The molecule has 0 N–H and O–H groups in total. The molecule has 1 rings (SSSR count). The number of hydrogen-bond acceptors (Lipinski definition) is 3. The first-order chi connectivity index (χ1) is 11.4. The monoisotopic (exact) mass is 449 g/mol. The smallest absolute Gasteiger partial charge is 0.250 e. The maximum Gasteiger partial charge on any atom is 0.250 e. The molecule has 0 saturated carbocycles. The van der Waals surface area contributed by atoms with Crippen LogP contribution < -0.4 is 9.16 Å². The van der Waals surface area contributed by atoms with Gasteiger partial charge in [0.2, 0.25) is 0 Å². The normalized spacial score (nSPS) is 11.4. The van der Waals surface area contributed by atoms with Gasteiger partial charge in [-0.25, -0.2) is 6.42 Å². The third kappa shape index (κ3) is 6.54. The quantitative estimate of drug-likeness (QED) is 0.297. The van der Waals surface area contributed by atoms with E-state index in [1.165, 1.54) is 0 Å². The van der Waals surface area contributed by atoms with E-state index < -0.39 is 8.32 Å². The Hall–Kier alpha value is -0.579. The molecule has 0 bridgehead atoms. The summed E-state index contributed by atoms with van der Waals surface area (Å²) in [6.07, 6.45) is 2.86. The van der Waals surface area contributed by atoms with E-state index in [-0.39, 0.29) is 43.5 Å². The van der Waals surface area contributed by atoms with Gasteiger partial charge >= 0.3 is 0 Å². The number of benzene rings is 1. The summed E-state index contributed by atoms with van der Waals surface area (Å²) >= 11 is 0. The summed E-state index contributed by atoms with van der Waals surface area (Å²) in [6.45, 7) is 20.5. The minimum atomic E-state index is -1.97. The van der Waals surface area contributed by atoms with E-state index in [4.69, 9.17) is 9.16 Å². The fourth-order valence-electron chi connectivity index (χ4n) is 2.07. The van der Waals surface area contributed by atoms with Crippen molar-refractivity contribution < 1.29 is 46.7 Å². The van der Waals surface area contributed by atoms with E-state index >= 15 is 0 Å². The molecule has 0 aliphatic carbocycles. The first-order valence-electron chi connectivity index (χ1n) is 8.64. The van der Waals surface area contributed by atoms with E-state index in [9.17, 15) is 4.79 Å². The Morgan fingerprint density at radius 3 is 2.27 bits per heavy atom. The summed E-state index contributed by atoms with van der Waals surface area (Å²) in [5.41, 5.74) is 2.57. The van der Waals surface area contributed by atoms with Gasteiger partial charge in [0.1, 0.15) is 17.3 Å². The van der Waals surface area contributed by atoms with Gasteiger partial charge in [0.05, 0.1) is 7.11 Å². The van der Waals surface area contributed by atoms with Crippen molar-refractivity contribution in [2.75, 3.05) is 7.11 Å². The van der Waals surface area contributed by atoms with Crippen LogP contribution in [0.1, 0.15) is 45.2 Å². The molecule has 143 valence electrons. The molecule has 3 nitrogen and oxygen atoms in total. The van der Waals surface area contributed by atoms with E-state index in [2.05, 4.69) is 47.4 Å². The fraction of sp³-hybridized carbons (Fsp3) is 0.476. The third-order valence-corrected chi connectivity index (χ3v) is 9.19. The molecular weight excluding hydrogens is 417 g/mol. The van der Waals surface area contributed by atoms with E-state index in [0.29, 0.717) is 24.2 Å². The zero-order valence-corrected chi connectivity index (χ0v) is 21.2. The number of ketones is 1. The molecule has 0 aliphatic heterocycles. The van der Waals surface area contributed by atoms with Crippen LogP contribution in [-0.2, 0) is 43.9 Å². The van der Waals surface area contributed by atoms with Crippen LogP contribution in [0.2, 0.25) is 18.1 Å². The summed E-state index contributed by atoms with van der Waals surface area (Å²) in [4.78, 5) is 11.8. The van der Waals surface area contributed by atoms with E-state index in [0.717, 1.165) is 16.9 Å². The maximum atomic E-state index is 11.8.